The van der Waals surface area contributed by atoms with Gasteiger partial charge in [-0.15, -0.1) is 0 Å². The Labute approximate surface area is 123 Å². The first-order valence-corrected chi connectivity index (χ1v) is 6.99. The summed E-state index contributed by atoms with van der Waals surface area (Å²) in [4.78, 5) is 27.1. The van der Waals surface area contributed by atoms with Crippen LogP contribution in [-0.4, -0.2) is 60.8 Å². The van der Waals surface area contributed by atoms with Gasteiger partial charge in [-0.05, 0) is 19.1 Å². The number of carbonyl (C=O) groups is 2. The second-order valence-corrected chi connectivity index (χ2v) is 4.98. The minimum Gasteiger partial charge on any atom is -0.480 e. The van der Waals surface area contributed by atoms with Crippen LogP contribution in [0.4, 0.5) is 5.69 Å². The van der Waals surface area contributed by atoms with Gasteiger partial charge in [0.25, 0.3) is 0 Å². The third-order valence-corrected chi connectivity index (χ3v) is 3.58. The van der Waals surface area contributed by atoms with E-state index >= 15 is 0 Å². The number of anilines is 1. The lowest BCUT2D eigenvalue weighted by Gasteiger charge is -2.34. The fourth-order valence-corrected chi connectivity index (χ4v) is 2.39. The molecule has 0 aromatic heterocycles. The van der Waals surface area contributed by atoms with Gasteiger partial charge in [0.1, 0.15) is 6.54 Å². The standard InChI is InChI=1S/C15H20N2O4/c1-12(16-7-9-21-10-8-16)15(20)17(11-14(18)19)13-5-3-2-4-6-13/h2-6,12H,7-11H2,1H3,(H,18,19)/t12-/m0/s1. The quantitative estimate of drug-likeness (QED) is 0.870. The molecule has 0 bridgehead atoms. The lowest BCUT2D eigenvalue weighted by Crippen LogP contribution is -2.52. The van der Waals surface area contributed by atoms with Crippen molar-refractivity contribution >= 4 is 17.6 Å². The van der Waals surface area contributed by atoms with E-state index in [1.165, 1.54) is 4.90 Å². The van der Waals surface area contributed by atoms with E-state index in [9.17, 15) is 9.59 Å². The highest BCUT2D eigenvalue weighted by Gasteiger charge is 2.29. The second-order valence-electron chi connectivity index (χ2n) is 4.98. The van der Waals surface area contributed by atoms with Gasteiger partial charge in [-0.2, -0.15) is 0 Å². The summed E-state index contributed by atoms with van der Waals surface area (Å²) in [5, 5.41) is 9.06. The Bertz CT molecular complexity index is 486. The largest absolute Gasteiger partial charge is 0.480 e. The molecule has 1 aromatic rings. The molecular formula is C15H20N2O4. The summed E-state index contributed by atoms with van der Waals surface area (Å²) in [5.74, 6) is -1.23. The number of morpholine rings is 1. The van der Waals surface area contributed by atoms with Gasteiger partial charge in [-0.25, -0.2) is 0 Å². The molecule has 0 unspecified atom stereocenters. The Kier molecular flexibility index (Phi) is 5.30. The smallest absolute Gasteiger partial charge is 0.323 e. The van der Waals surface area contributed by atoms with Gasteiger partial charge in [0.2, 0.25) is 5.91 Å². The van der Waals surface area contributed by atoms with Crippen LogP contribution in [-0.2, 0) is 14.3 Å². The predicted molar refractivity (Wildman–Crippen MR) is 78.3 cm³/mol. The molecule has 1 saturated heterocycles. The summed E-state index contributed by atoms with van der Waals surface area (Å²) in [7, 11) is 0. The molecular weight excluding hydrogens is 272 g/mol. The molecule has 21 heavy (non-hydrogen) atoms. The van der Waals surface area contributed by atoms with Crippen LogP contribution in [0, 0.1) is 0 Å². The minimum absolute atomic E-state index is 0.203. The average Bonchev–Trinajstić information content (AvgIpc) is 2.53. The van der Waals surface area contributed by atoms with Crippen LogP contribution in [0.25, 0.3) is 0 Å². The molecule has 1 atom stereocenters. The zero-order valence-corrected chi connectivity index (χ0v) is 12.1. The van der Waals surface area contributed by atoms with Crippen LogP contribution >= 0.6 is 0 Å². The normalized spacial score (nSPS) is 17.2. The number of ether oxygens (including phenoxy) is 1. The Morgan fingerprint density at radius 3 is 2.48 bits per heavy atom. The van der Waals surface area contributed by atoms with Gasteiger partial charge in [-0.3, -0.25) is 19.4 Å². The van der Waals surface area contributed by atoms with E-state index in [-0.39, 0.29) is 18.5 Å². The molecule has 1 amide bonds. The fourth-order valence-electron chi connectivity index (χ4n) is 2.39. The van der Waals surface area contributed by atoms with Crippen molar-refractivity contribution in [2.24, 2.45) is 0 Å². The SMILES string of the molecule is C[C@@H](C(=O)N(CC(=O)O)c1ccccc1)N1CCOCC1. The summed E-state index contributed by atoms with van der Waals surface area (Å²) >= 11 is 0. The molecule has 114 valence electrons. The molecule has 1 N–H and O–H groups in total. The summed E-state index contributed by atoms with van der Waals surface area (Å²) < 4.78 is 5.28. The first kappa shape index (κ1) is 15.5. The number of benzene rings is 1. The van der Waals surface area contributed by atoms with Crippen molar-refractivity contribution in [2.75, 3.05) is 37.7 Å². The molecule has 6 nitrogen and oxygen atoms in total. The van der Waals surface area contributed by atoms with Crippen molar-refractivity contribution < 1.29 is 19.4 Å². The third-order valence-electron chi connectivity index (χ3n) is 3.58. The number of carboxylic acid groups (broad SMARTS) is 1. The zero-order chi connectivity index (χ0) is 15.2. The molecule has 2 rings (SSSR count). The molecule has 1 fully saturated rings. The first-order valence-electron chi connectivity index (χ1n) is 6.99. The monoisotopic (exact) mass is 292 g/mol. The van der Waals surface area contributed by atoms with E-state index in [0.717, 1.165) is 0 Å². The van der Waals surface area contributed by atoms with Gasteiger partial charge in [0.15, 0.2) is 0 Å². The predicted octanol–water partition coefficient (Wildman–Crippen LogP) is 0.825. The van der Waals surface area contributed by atoms with E-state index < -0.39 is 5.97 Å². The van der Waals surface area contributed by atoms with Crippen LogP contribution < -0.4 is 4.90 Å². The third kappa shape index (κ3) is 4.03. The van der Waals surface area contributed by atoms with Gasteiger partial charge in [-0.1, -0.05) is 18.2 Å². The van der Waals surface area contributed by atoms with Crippen molar-refractivity contribution in [1.29, 1.82) is 0 Å². The maximum Gasteiger partial charge on any atom is 0.323 e. The maximum absolute atomic E-state index is 12.7. The lowest BCUT2D eigenvalue weighted by molar-refractivity contribution is -0.137. The summed E-state index contributed by atoms with van der Waals surface area (Å²) in [6.45, 7) is 4.04. The lowest BCUT2D eigenvalue weighted by atomic mass is 10.2. The number of aliphatic carboxylic acids is 1. The molecule has 0 aliphatic carbocycles. The van der Waals surface area contributed by atoms with Crippen LogP contribution in [0.5, 0.6) is 0 Å². The van der Waals surface area contributed by atoms with Crippen molar-refractivity contribution in [3.05, 3.63) is 30.3 Å². The molecule has 0 radical (unpaired) electrons. The van der Waals surface area contributed by atoms with Gasteiger partial charge in [0.05, 0.1) is 19.3 Å². The van der Waals surface area contributed by atoms with Gasteiger partial charge < -0.3 is 9.84 Å². The fraction of sp³-hybridized carbons (Fsp3) is 0.467. The molecule has 0 saturated carbocycles. The van der Waals surface area contributed by atoms with E-state index in [1.54, 1.807) is 24.3 Å². The Morgan fingerprint density at radius 1 is 1.29 bits per heavy atom. The highest BCUT2D eigenvalue weighted by molar-refractivity contribution is 6.00. The zero-order valence-electron chi connectivity index (χ0n) is 12.1. The number of amides is 1. The number of carboxylic acids is 1. The first-order chi connectivity index (χ1) is 10.1. The number of hydrogen-bond donors (Lipinski definition) is 1. The van der Waals surface area contributed by atoms with Crippen molar-refractivity contribution in [1.82, 2.24) is 4.90 Å². The van der Waals surface area contributed by atoms with E-state index in [1.807, 2.05) is 17.9 Å². The van der Waals surface area contributed by atoms with Crippen LogP contribution in [0.3, 0.4) is 0 Å². The topological polar surface area (TPSA) is 70.1 Å². The number of nitrogens with zero attached hydrogens (tertiary/aromatic N) is 2. The van der Waals surface area contributed by atoms with E-state index in [0.29, 0.717) is 32.0 Å². The Hall–Kier alpha value is -1.92. The van der Waals surface area contributed by atoms with Crippen molar-refractivity contribution in [3.8, 4) is 0 Å². The van der Waals surface area contributed by atoms with Crippen LogP contribution in [0.2, 0.25) is 0 Å². The second kappa shape index (κ2) is 7.19. The molecule has 0 spiro atoms. The molecule has 1 heterocycles. The summed E-state index contributed by atoms with van der Waals surface area (Å²) in [6.07, 6.45) is 0. The summed E-state index contributed by atoms with van der Waals surface area (Å²) in [6, 6.07) is 8.53. The number of carbonyl (C=O) groups excluding carboxylic acids is 1. The van der Waals surface area contributed by atoms with Gasteiger partial charge in [0, 0.05) is 18.8 Å². The van der Waals surface area contributed by atoms with E-state index in [2.05, 4.69) is 0 Å². The highest BCUT2D eigenvalue weighted by Crippen LogP contribution is 2.16. The molecule has 1 aliphatic heterocycles. The number of hydrogen-bond acceptors (Lipinski definition) is 4. The highest BCUT2D eigenvalue weighted by atomic mass is 16.5. The van der Waals surface area contributed by atoms with Crippen molar-refractivity contribution in [2.45, 2.75) is 13.0 Å². The number of para-hydroxylation sites is 1. The van der Waals surface area contributed by atoms with E-state index in [4.69, 9.17) is 9.84 Å². The van der Waals surface area contributed by atoms with Crippen LogP contribution in [0.15, 0.2) is 30.3 Å². The maximum atomic E-state index is 12.7. The molecule has 6 heteroatoms. The van der Waals surface area contributed by atoms with Gasteiger partial charge >= 0.3 is 5.97 Å². The van der Waals surface area contributed by atoms with Crippen LogP contribution in [0.1, 0.15) is 6.92 Å². The number of rotatable bonds is 5. The average molecular weight is 292 g/mol. The molecule has 1 aromatic carbocycles. The minimum atomic E-state index is -1.03. The Balaban J connectivity index is 2.15. The molecule has 1 aliphatic rings. The Morgan fingerprint density at radius 2 is 1.90 bits per heavy atom. The summed E-state index contributed by atoms with van der Waals surface area (Å²) in [5.41, 5.74) is 0.602. The van der Waals surface area contributed by atoms with Crippen molar-refractivity contribution in [3.63, 3.8) is 0 Å².